The van der Waals surface area contributed by atoms with E-state index in [0.717, 1.165) is 47.7 Å². The van der Waals surface area contributed by atoms with Gasteiger partial charge in [0, 0.05) is 49.9 Å². The highest BCUT2D eigenvalue weighted by molar-refractivity contribution is 6.30. The summed E-state index contributed by atoms with van der Waals surface area (Å²) in [6.07, 6.45) is -0.00635. The Bertz CT molecular complexity index is 1460. The van der Waals surface area contributed by atoms with Crippen molar-refractivity contribution >= 4 is 23.2 Å². The van der Waals surface area contributed by atoms with Crippen LogP contribution in [0.2, 0.25) is 5.02 Å². The number of hydrogen-bond acceptors (Lipinski definition) is 5. The molecule has 0 amide bonds. The Morgan fingerprint density at radius 3 is 2.47 bits per heavy atom. The van der Waals surface area contributed by atoms with Crippen LogP contribution in [0.4, 0.5) is 29.2 Å². The van der Waals surface area contributed by atoms with Crippen molar-refractivity contribution in [1.29, 1.82) is 0 Å². The smallest absolute Gasteiger partial charge is 0.372 e. The van der Waals surface area contributed by atoms with Crippen LogP contribution < -0.4 is 10.2 Å². The van der Waals surface area contributed by atoms with E-state index in [1.54, 1.807) is 6.20 Å². The molecular weight excluding hydrogens is 520 g/mol. The SMILES string of the molecule is CNc1ncnc(N2CCC(c3nc(-c4ccc(F)c(C(F)(F)F)c4)cn3C)CC2)c1-c1cccc(Cl)c1. The van der Waals surface area contributed by atoms with Gasteiger partial charge in [0.1, 0.15) is 29.6 Å². The third-order valence-electron chi connectivity index (χ3n) is 6.82. The van der Waals surface area contributed by atoms with E-state index >= 15 is 0 Å². The Morgan fingerprint density at radius 1 is 1.03 bits per heavy atom. The number of piperidine rings is 1. The molecule has 6 nitrogen and oxygen atoms in total. The van der Waals surface area contributed by atoms with Crippen LogP contribution >= 0.6 is 11.6 Å². The Kier molecular flexibility index (Phi) is 7.00. The molecule has 3 heterocycles. The molecule has 0 saturated carbocycles. The number of nitrogens with zero attached hydrogens (tertiary/aromatic N) is 5. The second kappa shape index (κ2) is 10.2. The van der Waals surface area contributed by atoms with E-state index < -0.39 is 17.6 Å². The quantitative estimate of drug-likeness (QED) is 0.281. The molecule has 5 rings (SSSR count). The van der Waals surface area contributed by atoms with Crippen LogP contribution in [0.1, 0.15) is 30.1 Å². The van der Waals surface area contributed by atoms with Gasteiger partial charge >= 0.3 is 6.18 Å². The number of rotatable bonds is 5. The van der Waals surface area contributed by atoms with Gasteiger partial charge in [-0.2, -0.15) is 13.2 Å². The van der Waals surface area contributed by atoms with Crippen LogP contribution in [0.25, 0.3) is 22.4 Å². The zero-order chi connectivity index (χ0) is 27.0. The lowest BCUT2D eigenvalue weighted by molar-refractivity contribution is -0.139. The maximum atomic E-state index is 13.8. The van der Waals surface area contributed by atoms with E-state index in [1.807, 2.05) is 42.9 Å². The summed E-state index contributed by atoms with van der Waals surface area (Å²) in [6.45, 7) is 1.41. The molecule has 1 saturated heterocycles. The second-order valence-electron chi connectivity index (χ2n) is 9.23. The fourth-order valence-corrected chi connectivity index (χ4v) is 5.16. The monoisotopic (exact) mass is 544 g/mol. The van der Waals surface area contributed by atoms with Gasteiger partial charge in [0.25, 0.3) is 0 Å². The Morgan fingerprint density at radius 2 is 1.79 bits per heavy atom. The number of nitrogens with one attached hydrogen (secondary N) is 1. The summed E-state index contributed by atoms with van der Waals surface area (Å²) in [5, 5.41) is 3.76. The van der Waals surface area contributed by atoms with Crippen molar-refractivity contribution in [3.8, 4) is 22.4 Å². The molecule has 1 aliphatic rings. The molecular formula is C27H25ClF4N6. The summed E-state index contributed by atoms with van der Waals surface area (Å²) in [6, 6.07) is 10.5. The predicted octanol–water partition coefficient (Wildman–Crippen LogP) is 6.78. The van der Waals surface area contributed by atoms with E-state index in [-0.39, 0.29) is 11.5 Å². The topological polar surface area (TPSA) is 58.9 Å². The maximum Gasteiger partial charge on any atom is 0.419 e. The maximum absolute atomic E-state index is 13.8. The molecule has 198 valence electrons. The molecule has 4 aromatic rings. The molecule has 38 heavy (non-hydrogen) atoms. The average molecular weight is 545 g/mol. The number of aromatic nitrogens is 4. The number of hydrogen-bond donors (Lipinski definition) is 1. The average Bonchev–Trinajstić information content (AvgIpc) is 3.29. The van der Waals surface area contributed by atoms with Gasteiger partial charge < -0.3 is 14.8 Å². The zero-order valence-electron chi connectivity index (χ0n) is 20.7. The highest BCUT2D eigenvalue weighted by Gasteiger charge is 2.34. The molecule has 2 aromatic carbocycles. The molecule has 2 aromatic heterocycles. The van der Waals surface area contributed by atoms with Crippen molar-refractivity contribution < 1.29 is 17.6 Å². The largest absolute Gasteiger partial charge is 0.419 e. The summed E-state index contributed by atoms with van der Waals surface area (Å²) >= 11 is 6.26. The molecule has 0 radical (unpaired) electrons. The van der Waals surface area contributed by atoms with Gasteiger partial charge in [-0.15, -0.1) is 0 Å². The number of imidazole rings is 1. The van der Waals surface area contributed by atoms with Crippen LogP contribution in [0.5, 0.6) is 0 Å². The van der Waals surface area contributed by atoms with Crippen LogP contribution in [0.15, 0.2) is 55.0 Å². The highest BCUT2D eigenvalue weighted by atomic mass is 35.5. The van der Waals surface area contributed by atoms with Crippen molar-refractivity contribution in [1.82, 2.24) is 19.5 Å². The van der Waals surface area contributed by atoms with Crippen molar-refractivity contribution in [3.63, 3.8) is 0 Å². The first-order chi connectivity index (χ1) is 18.2. The molecule has 1 aliphatic heterocycles. The number of alkyl halides is 3. The van der Waals surface area contributed by atoms with E-state index in [1.165, 1.54) is 12.4 Å². The predicted molar refractivity (Wildman–Crippen MR) is 140 cm³/mol. The van der Waals surface area contributed by atoms with Crippen LogP contribution in [0.3, 0.4) is 0 Å². The lowest BCUT2D eigenvalue weighted by Crippen LogP contribution is -2.34. The fraction of sp³-hybridized carbons (Fsp3) is 0.296. The van der Waals surface area contributed by atoms with Crippen LogP contribution in [0, 0.1) is 5.82 Å². The van der Waals surface area contributed by atoms with Gasteiger partial charge in [-0.05, 0) is 48.7 Å². The van der Waals surface area contributed by atoms with Gasteiger partial charge in [0.15, 0.2) is 0 Å². The summed E-state index contributed by atoms with van der Waals surface area (Å²) in [5.74, 6) is 1.09. The minimum atomic E-state index is -4.78. The standard InChI is InChI=1S/C27H25ClF4N6/c1-33-24-23(18-4-3-5-19(28)12-18)26(35-15-34-24)38-10-8-16(9-11-38)25-36-22(14-37(25)2)17-6-7-21(29)20(13-17)27(30,31)32/h3-7,12-16H,8-11H2,1-2H3,(H,33,34,35). The fourth-order valence-electron chi connectivity index (χ4n) is 4.97. The first kappa shape index (κ1) is 26.0. The Labute approximate surface area is 222 Å². The first-order valence-electron chi connectivity index (χ1n) is 12.1. The number of anilines is 2. The van der Waals surface area contributed by atoms with Gasteiger partial charge in [0.05, 0.1) is 16.8 Å². The summed E-state index contributed by atoms with van der Waals surface area (Å²) in [7, 11) is 3.64. The van der Waals surface area contributed by atoms with E-state index in [9.17, 15) is 17.6 Å². The second-order valence-corrected chi connectivity index (χ2v) is 9.67. The molecule has 0 unspecified atom stereocenters. The highest BCUT2D eigenvalue weighted by Crippen LogP contribution is 2.39. The third kappa shape index (κ3) is 5.05. The van der Waals surface area contributed by atoms with Crippen molar-refractivity contribution in [2.45, 2.75) is 24.9 Å². The number of halogens is 5. The first-order valence-corrected chi connectivity index (χ1v) is 12.5. The van der Waals surface area contributed by atoms with Gasteiger partial charge in [-0.3, -0.25) is 0 Å². The molecule has 0 atom stereocenters. The van der Waals surface area contributed by atoms with Gasteiger partial charge in [-0.25, -0.2) is 19.3 Å². The zero-order valence-corrected chi connectivity index (χ0v) is 21.5. The molecule has 1 N–H and O–H groups in total. The lowest BCUT2D eigenvalue weighted by atomic mass is 9.95. The lowest BCUT2D eigenvalue weighted by Gasteiger charge is -2.34. The number of aryl methyl sites for hydroxylation is 1. The summed E-state index contributed by atoms with van der Waals surface area (Å²) in [4.78, 5) is 15.9. The van der Waals surface area contributed by atoms with E-state index in [0.29, 0.717) is 29.6 Å². The Balaban J connectivity index is 1.38. The minimum Gasteiger partial charge on any atom is -0.372 e. The van der Waals surface area contributed by atoms with E-state index in [4.69, 9.17) is 11.6 Å². The molecule has 11 heteroatoms. The minimum absolute atomic E-state index is 0.104. The summed E-state index contributed by atoms with van der Waals surface area (Å²) in [5.41, 5.74) is 1.09. The van der Waals surface area contributed by atoms with Crippen molar-refractivity contribution in [2.24, 2.45) is 7.05 Å². The summed E-state index contributed by atoms with van der Waals surface area (Å²) < 4.78 is 55.2. The normalized spacial score (nSPS) is 14.7. The molecule has 0 spiro atoms. The molecule has 1 fully saturated rings. The van der Waals surface area contributed by atoms with Crippen LogP contribution in [-0.2, 0) is 13.2 Å². The molecule has 0 aliphatic carbocycles. The van der Waals surface area contributed by atoms with E-state index in [2.05, 4.69) is 25.2 Å². The molecule has 0 bridgehead atoms. The number of benzene rings is 2. The third-order valence-corrected chi connectivity index (χ3v) is 7.05. The van der Waals surface area contributed by atoms with Gasteiger partial charge in [0.2, 0.25) is 0 Å². The van der Waals surface area contributed by atoms with Crippen LogP contribution in [-0.4, -0.2) is 39.7 Å². The van der Waals surface area contributed by atoms with Crippen molar-refractivity contribution in [3.05, 3.63) is 77.2 Å². The van der Waals surface area contributed by atoms with Gasteiger partial charge in [-0.1, -0.05) is 23.7 Å². The Hall–Kier alpha value is -3.66. The van der Waals surface area contributed by atoms with Crippen molar-refractivity contribution in [2.75, 3.05) is 30.4 Å².